The van der Waals surface area contributed by atoms with E-state index in [1.54, 1.807) is 18.5 Å². The van der Waals surface area contributed by atoms with E-state index < -0.39 is 0 Å². The molecule has 2 heterocycles. The van der Waals surface area contributed by atoms with Crippen LogP contribution in [0.2, 0.25) is 0 Å². The molecule has 22 heavy (non-hydrogen) atoms. The fourth-order valence-electron chi connectivity index (χ4n) is 2.91. The van der Waals surface area contributed by atoms with Crippen molar-refractivity contribution < 1.29 is 9.13 Å². The number of aromatic nitrogens is 2. The fourth-order valence-corrected chi connectivity index (χ4v) is 2.91. The van der Waals surface area contributed by atoms with E-state index in [1.165, 1.54) is 6.07 Å². The molecule has 0 saturated carbocycles. The van der Waals surface area contributed by atoms with E-state index in [2.05, 4.69) is 14.9 Å². The molecule has 1 aliphatic rings. The molecule has 1 aromatic carbocycles. The molecule has 3 rings (SSSR count). The number of aromatic amines is 1. The van der Waals surface area contributed by atoms with Gasteiger partial charge in [-0.3, -0.25) is 4.90 Å². The van der Waals surface area contributed by atoms with Gasteiger partial charge < -0.3 is 9.72 Å². The Labute approximate surface area is 130 Å². The lowest BCUT2D eigenvalue weighted by atomic mass is 10.1. The van der Waals surface area contributed by atoms with Crippen molar-refractivity contribution in [2.45, 2.75) is 39.0 Å². The van der Waals surface area contributed by atoms with Crippen LogP contribution in [0.3, 0.4) is 0 Å². The Morgan fingerprint density at radius 1 is 1.41 bits per heavy atom. The van der Waals surface area contributed by atoms with Crippen molar-refractivity contribution in [3.05, 3.63) is 53.4 Å². The van der Waals surface area contributed by atoms with E-state index in [0.29, 0.717) is 6.54 Å². The molecule has 118 valence electrons. The third-order valence-corrected chi connectivity index (χ3v) is 4.09. The number of hydrogen-bond acceptors (Lipinski definition) is 3. The molecule has 5 heteroatoms. The molecule has 1 aromatic heterocycles. The number of aryl methyl sites for hydroxylation is 1. The number of rotatable bonds is 6. The molecule has 0 aliphatic carbocycles. The van der Waals surface area contributed by atoms with Crippen LogP contribution in [0.1, 0.15) is 29.8 Å². The second-order valence-corrected chi connectivity index (χ2v) is 5.91. The monoisotopic (exact) mass is 303 g/mol. The van der Waals surface area contributed by atoms with Crippen LogP contribution < -0.4 is 0 Å². The van der Waals surface area contributed by atoms with Crippen LogP contribution in [-0.4, -0.2) is 34.1 Å². The Hall–Kier alpha value is -1.72. The topological polar surface area (TPSA) is 41.2 Å². The zero-order valence-electron chi connectivity index (χ0n) is 12.9. The van der Waals surface area contributed by atoms with Crippen LogP contribution in [0.5, 0.6) is 0 Å². The van der Waals surface area contributed by atoms with E-state index in [0.717, 1.165) is 49.5 Å². The lowest BCUT2D eigenvalue weighted by Crippen LogP contribution is -2.31. The molecule has 2 aromatic rings. The summed E-state index contributed by atoms with van der Waals surface area (Å²) in [7, 11) is 0. The molecule has 1 atom stereocenters. The molecule has 1 N–H and O–H groups in total. The zero-order valence-corrected chi connectivity index (χ0v) is 12.9. The van der Waals surface area contributed by atoms with Gasteiger partial charge in [-0.15, -0.1) is 0 Å². The number of benzene rings is 1. The molecule has 1 saturated heterocycles. The molecule has 1 unspecified atom stereocenters. The highest BCUT2D eigenvalue weighted by molar-refractivity contribution is 5.17. The Balaban J connectivity index is 1.71. The first-order valence-electron chi connectivity index (χ1n) is 7.78. The first kappa shape index (κ1) is 15.2. The minimum absolute atomic E-state index is 0.189. The maximum absolute atomic E-state index is 13.4. The van der Waals surface area contributed by atoms with E-state index >= 15 is 0 Å². The smallest absolute Gasteiger partial charge is 0.123 e. The van der Waals surface area contributed by atoms with Crippen molar-refractivity contribution >= 4 is 0 Å². The summed E-state index contributed by atoms with van der Waals surface area (Å²) in [4.78, 5) is 9.77. The van der Waals surface area contributed by atoms with Gasteiger partial charge in [0, 0.05) is 31.9 Å². The molecule has 0 bridgehead atoms. The first-order valence-corrected chi connectivity index (χ1v) is 7.78. The lowest BCUT2D eigenvalue weighted by Gasteiger charge is -2.25. The van der Waals surface area contributed by atoms with Gasteiger partial charge in [0.2, 0.25) is 0 Å². The van der Waals surface area contributed by atoms with Crippen LogP contribution >= 0.6 is 0 Å². The molecular weight excluding hydrogens is 281 g/mol. The van der Waals surface area contributed by atoms with Crippen molar-refractivity contribution in [1.82, 2.24) is 14.9 Å². The average Bonchev–Trinajstić information content (AvgIpc) is 3.12. The van der Waals surface area contributed by atoms with Crippen LogP contribution in [0.15, 0.2) is 30.6 Å². The summed E-state index contributed by atoms with van der Waals surface area (Å²) in [5, 5.41) is 0. The minimum Gasteiger partial charge on any atom is -0.377 e. The third kappa shape index (κ3) is 3.93. The van der Waals surface area contributed by atoms with Crippen molar-refractivity contribution in [3.8, 4) is 0 Å². The SMILES string of the molecule is Cc1[nH]cnc1CN(Cc1cccc(F)c1)CC1CCCO1. The number of imidazole rings is 1. The largest absolute Gasteiger partial charge is 0.377 e. The number of nitrogens with one attached hydrogen (secondary N) is 1. The van der Waals surface area contributed by atoms with Crippen LogP contribution in [0.25, 0.3) is 0 Å². The summed E-state index contributed by atoms with van der Waals surface area (Å²) < 4.78 is 19.2. The molecule has 0 radical (unpaired) electrons. The second-order valence-electron chi connectivity index (χ2n) is 5.91. The molecule has 1 aliphatic heterocycles. The predicted molar refractivity (Wildman–Crippen MR) is 82.8 cm³/mol. The molecule has 0 amide bonds. The number of H-pyrrole nitrogens is 1. The van der Waals surface area contributed by atoms with Gasteiger partial charge in [-0.25, -0.2) is 9.37 Å². The van der Waals surface area contributed by atoms with Gasteiger partial charge in [0.15, 0.2) is 0 Å². The van der Waals surface area contributed by atoms with Crippen molar-refractivity contribution in [1.29, 1.82) is 0 Å². The van der Waals surface area contributed by atoms with Crippen molar-refractivity contribution in [2.24, 2.45) is 0 Å². The molecule has 1 fully saturated rings. The predicted octanol–water partition coefficient (Wildman–Crippen LogP) is 3.04. The summed E-state index contributed by atoms with van der Waals surface area (Å²) in [6.07, 6.45) is 4.21. The third-order valence-electron chi connectivity index (χ3n) is 4.09. The van der Waals surface area contributed by atoms with Gasteiger partial charge in [-0.1, -0.05) is 12.1 Å². The van der Waals surface area contributed by atoms with E-state index in [9.17, 15) is 4.39 Å². The van der Waals surface area contributed by atoms with Crippen LogP contribution in [0.4, 0.5) is 4.39 Å². The molecule has 4 nitrogen and oxygen atoms in total. The van der Waals surface area contributed by atoms with Crippen LogP contribution in [0, 0.1) is 12.7 Å². The van der Waals surface area contributed by atoms with E-state index in [1.807, 2.05) is 13.0 Å². The van der Waals surface area contributed by atoms with E-state index in [-0.39, 0.29) is 11.9 Å². The summed E-state index contributed by atoms with van der Waals surface area (Å²) in [6, 6.07) is 6.80. The van der Waals surface area contributed by atoms with Gasteiger partial charge >= 0.3 is 0 Å². The highest BCUT2D eigenvalue weighted by atomic mass is 19.1. The summed E-state index contributed by atoms with van der Waals surface area (Å²) in [5.41, 5.74) is 3.09. The van der Waals surface area contributed by atoms with Crippen LogP contribution in [-0.2, 0) is 17.8 Å². The summed E-state index contributed by atoms with van der Waals surface area (Å²) in [5.74, 6) is -0.189. The Morgan fingerprint density at radius 2 is 2.32 bits per heavy atom. The maximum atomic E-state index is 13.4. The Bertz CT molecular complexity index is 607. The number of hydrogen-bond donors (Lipinski definition) is 1. The van der Waals surface area contributed by atoms with E-state index in [4.69, 9.17) is 4.74 Å². The highest BCUT2D eigenvalue weighted by Crippen LogP contribution is 2.17. The number of ether oxygens (including phenoxy) is 1. The number of nitrogens with zero attached hydrogens (tertiary/aromatic N) is 2. The summed E-state index contributed by atoms with van der Waals surface area (Å²) in [6.45, 7) is 5.16. The summed E-state index contributed by atoms with van der Waals surface area (Å²) >= 11 is 0. The van der Waals surface area contributed by atoms with Gasteiger partial charge in [0.05, 0.1) is 18.1 Å². The van der Waals surface area contributed by atoms with Crippen molar-refractivity contribution in [2.75, 3.05) is 13.2 Å². The normalized spacial score (nSPS) is 18.2. The molecule has 0 spiro atoms. The first-order chi connectivity index (χ1) is 10.7. The second kappa shape index (κ2) is 7.03. The lowest BCUT2D eigenvalue weighted by molar-refractivity contribution is 0.0674. The van der Waals surface area contributed by atoms with Gasteiger partial charge in [0.25, 0.3) is 0 Å². The van der Waals surface area contributed by atoms with Gasteiger partial charge in [0.1, 0.15) is 5.82 Å². The van der Waals surface area contributed by atoms with Crippen molar-refractivity contribution in [3.63, 3.8) is 0 Å². The maximum Gasteiger partial charge on any atom is 0.123 e. The standard InChI is InChI=1S/C17H22FN3O/c1-13-17(20-12-19-13)11-21(10-16-6-3-7-22-16)9-14-4-2-5-15(18)8-14/h2,4-5,8,12,16H,3,6-7,9-11H2,1H3,(H,19,20). The Morgan fingerprint density at radius 3 is 3.00 bits per heavy atom. The Kier molecular flexibility index (Phi) is 4.85. The average molecular weight is 303 g/mol. The quantitative estimate of drug-likeness (QED) is 0.892. The highest BCUT2D eigenvalue weighted by Gasteiger charge is 2.20. The van der Waals surface area contributed by atoms with Gasteiger partial charge in [-0.2, -0.15) is 0 Å². The van der Waals surface area contributed by atoms with Gasteiger partial charge in [-0.05, 0) is 37.5 Å². The fraction of sp³-hybridized carbons (Fsp3) is 0.471. The zero-order chi connectivity index (χ0) is 15.4. The number of halogens is 1. The minimum atomic E-state index is -0.189. The molecular formula is C17H22FN3O.